The average Bonchev–Trinajstić information content (AvgIpc) is 3.50. The number of rotatable bonds is 8. The van der Waals surface area contributed by atoms with Gasteiger partial charge in [0.25, 0.3) is 5.91 Å². The molecule has 1 N–H and O–H groups in total. The van der Waals surface area contributed by atoms with Crippen LogP contribution in [0.3, 0.4) is 0 Å². The second-order valence-electron chi connectivity index (χ2n) is 7.70. The lowest BCUT2D eigenvalue weighted by Crippen LogP contribution is -2.29. The Morgan fingerprint density at radius 3 is 2.51 bits per heavy atom. The first-order valence-corrected chi connectivity index (χ1v) is 11.0. The highest BCUT2D eigenvalue weighted by atomic mass is 16.5. The quantitative estimate of drug-likeness (QED) is 0.348. The summed E-state index contributed by atoms with van der Waals surface area (Å²) < 4.78 is 14.2. The number of aromatic nitrogens is 6. The maximum absolute atomic E-state index is 12.6. The molecule has 0 spiro atoms. The lowest BCUT2D eigenvalue weighted by atomic mass is 10.1. The van der Waals surface area contributed by atoms with Gasteiger partial charge in [-0.15, -0.1) is 15.3 Å². The number of carbonyl (C=O) groups excluding carboxylic acids is 1. The van der Waals surface area contributed by atoms with E-state index in [1.54, 1.807) is 41.6 Å². The minimum Gasteiger partial charge on any atom is -0.497 e. The summed E-state index contributed by atoms with van der Waals surface area (Å²) in [4.78, 5) is 12.6. The van der Waals surface area contributed by atoms with E-state index < -0.39 is 0 Å². The smallest absolute Gasteiger partial charge is 0.269 e. The van der Waals surface area contributed by atoms with Crippen LogP contribution < -0.4 is 14.8 Å². The van der Waals surface area contributed by atoms with Gasteiger partial charge in [-0.05, 0) is 36.4 Å². The van der Waals surface area contributed by atoms with Gasteiger partial charge in [-0.3, -0.25) is 9.48 Å². The number of nitrogens with zero attached hydrogens (tertiary/aromatic N) is 6. The molecule has 0 bridgehead atoms. The molecule has 0 aliphatic heterocycles. The normalized spacial score (nSPS) is 10.9. The molecule has 0 aliphatic carbocycles. The van der Waals surface area contributed by atoms with E-state index in [0.29, 0.717) is 29.6 Å². The fourth-order valence-corrected chi connectivity index (χ4v) is 3.61. The largest absolute Gasteiger partial charge is 0.497 e. The standard InChI is InChI=1S/C25H23N7O3/c1-31-21(16-20(29-31)17-6-4-3-5-7-17)25(33)26-14-15-35-23-13-12-22-27-28-24(32(22)30-23)18-8-10-19(34-2)11-9-18/h3-13,16H,14-15H2,1-2H3,(H,26,33). The van der Waals surface area contributed by atoms with Crippen molar-refractivity contribution in [1.82, 2.24) is 34.9 Å². The molecular formula is C25H23N7O3. The van der Waals surface area contributed by atoms with Gasteiger partial charge in [-0.2, -0.15) is 9.61 Å². The molecule has 0 aliphatic rings. The molecule has 176 valence electrons. The van der Waals surface area contributed by atoms with Crippen molar-refractivity contribution in [1.29, 1.82) is 0 Å². The van der Waals surface area contributed by atoms with Gasteiger partial charge in [0, 0.05) is 24.2 Å². The fourth-order valence-electron chi connectivity index (χ4n) is 3.61. The Kier molecular flexibility index (Phi) is 6.08. The van der Waals surface area contributed by atoms with Crippen LogP contribution in [0, 0.1) is 0 Å². The number of methoxy groups -OCH3 is 1. The van der Waals surface area contributed by atoms with Crippen molar-refractivity contribution in [2.24, 2.45) is 7.05 Å². The molecular weight excluding hydrogens is 446 g/mol. The third kappa shape index (κ3) is 4.67. The first-order chi connectivity index (χ1) is 17.1. The highest BCUT2D eigenvalue weighted by Gasteiger charge is 2.14. The van der Waals surface area contributed by atoms with E-state index in [1.165, 1.54) is 0 Å². The number of fused-ring (bicyclic) bond motifs is 1. The van der Waals surface area contributed by atoms with Gasteiger partial charge >= 0.3 is 0 Å². The summed E-state index contributed by atoms with van der Waals surface area (Å²) in [6.07, 6.45) is 0. The monoisotopic (exact) mass is 469 g/mol. The molecule has 35 heavy (non-hydrogen) atoms. The van der Waals surface area contributed by atoms with Gasteiger partial charge in [-0.25, -0.2) is 0 Å². The van der Waals surface area contributed by atoms with Crippen molar-refractivity contribution in [2.45, 2.75) is 0 Å². The highest BCUT2D eigenvalue weighted by Crippen LogP contribution is 2.22. The van der Waals surface area contributed by atoms with E-state index in [4.69, 9.17) is 9.47 Å². The molecule has 2 aromatic carbocycles. The van der Waals surface area contributed by atoms with Gasteiger partial charge < -0.3 is 14.8 Å². The van der Waals surface area contributed by atoms with E-state index in [1.807, 2.05) is 54.6 Å². The molecule has 1 amide bonds. The zero-order valence-electron chi connectivity index (χ0n) is 19.3. The zero-order chi connectivity index (χ0) is 24.2. The van der Waals surface area contributed by atoms with Gasteiger partial charge in [0.15, 0.2) is 11.5 Å². The third-order valence-electron chi connectivity index (χ3n) is 5.41. The molecule has 0 fully saturated rings. The summed E-state index contributed by atoms with van der Waals surface area (Å²) in [5.74, 6) is 1.51. The van der Waals surface area contributed by atoms with Crippen LogP contribution in [-0.4, -0.2) is 55.8 Å². The lowest BCUT2D eigenvalue weighted by Gasteiger charge is -2.08. The number of carbonyl (C=O) groups is 1. The van der Waals surface area contributed by atoms with E-state index in [2.05, 4.69) is 25.7 Å². The van der Waals surface area contributed by atoms with Crippen molar-refractivity contribution in [3.05, 3.63) is 78.5 Å². The number of nitrogens with one attached hydrogen (secondary N) is 1. The Morgan fingerprint density at radius 2 is 1.74 bits per heavy atom. The third-order valence-corrected chi connectivity index (χ3v) is 5.41. The number of aryl methyl sites for hydroxylation is 1. The van der Waals surface area contributed by atoms with Gasteiger partial charge in [0.1, 0.15) is 18.1 Å². The predicted molar refractivity (Wildman–Crippen MR) is 129 cm³/mol. The molecule has 0 radical (unpaired) electrons. The van der Waals surface area contributed by atoms with Crippen molar-refractivity contribution in [2.75, 3.05) is 20.3 Å². The summed E-state index contributed by atoms with van der Waals surface area (Å²) >= 11 is 0. The highest BCUT2D eigenvalue weighted by molar-refractivity contribution is 5.93. The predicted octanol–water partition coefficient (Wildman–Crippen LogP) is 3.01. The molecule has 0 unspecified atom stereocenters. The number of benzene rings is 2. The molecule has 10 heteroatoms. The molecule has 0 saturated heterocycles. The number of hydrogen-bond donors (Lipinski definition) is 1. The van der Waals surface area contributed by atoms with Crippen molar-refractivity contribution in [3.63, 3.8) is 0 Å². The van der Waals surface area contributed by atoms with Crippen LogP contribution in [0.15, 0.2) is 72.8 Å². The molecule has 0 atom stereocenters. The Balaban J connectivity index is 1.21. The van der Waals surface area contributed by atoms with Crippen LogP contribution >= 0.6 is 0 Å². The van der Waals surface area contributed by atoms with Crippen molar-refractivity contribution < 1.29 is 14.3 Å². The Labute approximate surface area is 201 Å². The molecule has 3 aromatic heterocycles. The Morgan fingerprint density at radius 1 is 0.943 bits per heavy atom. The molecule has 3 heterocycles. The van der Waals surface area contributed by atoms with Crippen LogP contribution in [0.2, 0.25) is 0 Å². The van der Waals surface area contributed by atoms with E-state index in [9.17, 15) is 4.79 Å². The Bertz CT molecular complexity index is 1460. The number of hydrogen-bond acceptors (Lipinski definition) is 7. The lowest BCUT2D eigenvalue weighted by molar-refractivity contribution is 0.0937. The second kappa shape index (κ2) is 9.64. The number of ether oxygens (including phenoxy) is 2. The summed E-state index contributed by atoms with van der Waals surface area (Å²) in [6.45, 7) is 0.547. The SMILES string of the molecule is COc1ccc(-c2nnc3ccc(OCCNC(=O)c4cc(-c5ccccc5)nn4C)nn23)cc1. The van der Waals surface area contributed by atoms with E-state index in [-0.39, 0.29) is 12.5 Å². The molecule has 5 rings (SSSR count). The maximum Gasteiger partial charge on any atom is 0.269 e. The van der Waals surface area contributed by atoms with E-state index in [0.717, 1.165) is 22.6 Å². The fraction of sp³-hybridized carbons (Fsp3) is 0.160. The van der Waals surface area contributed by atoms with Gasteiger partial charge in [0.2, 0.25) is 5.88 Å². The first kappa shape index (κ1) is 22.1. The Hall–Kier alpha value is -4.73. The summed E-state index contributed by atoms with van der Waals surface area (Å²) in [5, 5.41) is 20.2. The topological polar surface area (TPSA) is 108 Å². The minimum absolute atomic E-state index is 0.227. The van der Waals surface area contributed by atoms with E-state index >= 15 is 0 Å². The molecule has 0 saturated carbocycles. The number of amides is 1. The minimum atomic E-state index is -0.227. The van der Waals surface area contributed by atoms with Crippen LogP contribution in [0.4, 0.5) is 0 Å². The van der Waals surface area contributed by atoms with Crippen LogP contribution in [0.1, 0.15) is 10.5 Å². The first-order valence-electron chi connectivity index (χ1n) is 11.0. The second-order valence-corrected chi connectivity index (χ2v) is 7.70. The van der Waals surface area contributed by atoms with Gasteiger partial charge in [-0.1, -0.05) is 30.3 Å². The maximum atomic E-state index is 12.6. The van der Waals surface area contributed by atoms with Crippen LogP contribution in [0.5, 0.6) is 11.6 Å². The van der Waals surface area contributed by atoms with Gasteiger partial charge in [0.05, 0.1) is 19.3 Å². The summed E-state index contributed by atoms with van der Waals surface area (Å²) in [7, 11) is 3.37. The summed E-state index contributed by atoms with van der Waals surface area (Å²) in [6, 6.07) is 22.5. The summed E-state index contributed by atoms with van der Waals surface area (Å²) in [5.41, 5.74) is 3.61. The van der Waals surface area contributed by atoms with Crippen LogP contribution in [-0.2, 0) is 7.05 Å². The average molecular weight is 470 g/mol. The van der Waals surface area contributed by atoms with Crippen molar-refractivity contribution >= 4 is 11.6 Å². The van der Waals surface area contributed by atoms with Crippen molar-refractivity contribution in [3.8, 4) is 34.3 Å². The zero-order valence-corrected chi connectivity index (χ0v) is 19.3. The molecule has 5 aromatic rings. The van der Waals surface area contributed by atoms with Crippen LogP contribution in [0.25, 0.3) is 28.3 Å². The molecule has 10 nitrogen and oxygen atoms in total.